The number of thiophene rings is 1. The third kappa shape index (κ3) is 4.20. The van der Waals surface area contributed by atoms with Crippen LogP contribution >= 0.6 is 11.3 Å². The summed E-state index contributed by atoms with van der Waals surface area (Å²) in [5, 5.41) is 1.95. The summed E-state index contributed by atoms with van der Waals surface area (Å²) in [4.78, 5) is 15.5. The molecule has 3 aromatic rings. The van der Waals surface area contributed by atoms with Crippen molar-refractivity contribution in [3.8, 4) is 0 Å². The van der Waals surface area contributed by atoms with Crippen molar-refractivity contribution in [2.75, 3.05) is 0 Å². The summed E-state index contributed by atoms with van der Waals surface area (Å²) >= 11 is 1.50. The highest BCUT2D eigenvalue weighted by molar-refractivity contribution is 7.12. The predicted octanol–water partition coefficient (Wildman–Crippen LogP) is 4.96. The lowest BCUT2D eigenvalue weighted by molar-refractivity contribution is 0.0691. The molecule has 0 N–H and O–H groups in total. The highest BCUT2D eigenvalue weighted by Gasteiger charge is 2.21. The van der Waals surface area contributed by atoms with E-state index in [-0.39, 0.29) is 11.9 Å². The van der Waals surface area contributed by atoms with Crippen LogP contribution in [0.2, 0.25) is 0 Å². The summed E-state index contributed by atoms with van der Waals surface area (Å²) < 4.78 is 2.22. The van der Waals surface area contributed by atoms with E-state index in [1.165, 1.54) is 22.5 Å². The van der Waals surface area contributed by atoms with Crippen LogP contribution in [0.15, 0.2) is 60.1 Å². The molecule has 0 radical (unpaired) electrons. The van der Waals surface area contributed by atoms with E-state index in [0.29, 0.717) is 6.54 Å². The molecular weight excluding hydrogens is 328 g/mol. The molecule has 130 valence electrons. The molecule has 2 heterocycles. The fourth-order valence-electron chi connectivity index (χ4n) is 2.84. The molecule has 0 saturated heterocycles. The van der Waals surface area contributed by atoms with Crippen LogP contribution in [0.4, 0.5) is 0 Å². The molecule has 0 unspecified atom stereocenters. The second-order valence-electron chi connectivity index (χ2n) is 6.62. The van der Waals surface area contributed by atoms with Crippen molar-refractivity contribution in [2.45, 2.75) is 39.9 Å². The first kappa shape index (κ1) is 17.5. The Morgan fingerprint density at radius 1 is 1.12 bits per heavy atom. The Morgan fingerprint density at radius 3 is 2.52 bits per heavy atom. The van der Waals surface area contributed by atoms with Crippen molar-refractivity contribution in [3.05, 3.63) is 81.8 Å². The average molecular weight is 353 g/mol. The fourth-order valence-corrected chi connectivity index (χ4v) is 3.52. The number of carbonyl (C=O) groups is 1. The predicted molar refractivity (Wildman–Crippen MR) is 104 cm³/mol. The molecule has 1 aromatic carbocycles. The lowest BCUT2D eigenvalue weighted by Crippen LogP contribution is -2.36. The number of hydrogen-bond donors (Lipinski definition) is 0. The maximum absolute atomic E-state index is 12.8. The zero-order valence-corrected chi connectivity index (χ0v) is 15.8. The molecule has 0 spiro atoms. The van der Waals surface area contributed by atoms with Crippen molar-refractivity contribution >= 4 is 17.2 Å². The van der Waals surface area contributed by atoms with Gasteiger partial charge in [0.05, 0.1) is 11.4 Å². The quantitative estimate of drug-likeness (QED) is 0.616. The maximum atomic E-state index is 12.8. The monoisotopic (exact) mass is 352 g/mol. The number of amides is 1. The van der Waals surface area contributed by atoms with Gasteiger partial charge in [-0.15, -0.1) is 11.3 Å². The Morgan fingerprint density at radius 2 is 1.88 bits per heavy atom. The molecule has 0 aliphatic rings. The third-order valence-corrected chi connectivity index (χ3v) is 5.20. The number of aromatic nitrogens is 1. The van der Waals surface area contributed by atoms with Gasteiger partial charge in [0.1, 0.15) is 0 Å². The number of carbonyl (C=O) groups excluding carboxylic acids is 1. The van der Waals surface area contributed by atoms with Gasteiger partial charge in [0.25, 0.3) is 5.91 Å². The number of nitrogens with zero attached hydrogens (tertiary/aromatic N) is 2. The maximum Gasteiger partial charge on any atom is 0.264 e. The fraction of sp³-hybridized carbons (Fsp3) is 0.286. The second kappa shape index (κ2) is 7.70. The molecule has 0 saturated carbocycles. The van der Waals surface area contributed by atoms with Gasteiger partial charge in [-0.25, -0.2) is 0 Å². The van der Waals surface area contributed by atoms with Gasteiger partial charge in [0.15, 0.2) is 0 Å². The topological polar surface area (TPSA) is 25.2 Å². The van der Waals surface area contributed by atoms with E-state index >= 15 is 0 Å². The minimum atomic E-state index is 0.105. The molecule has 3 rings (SSSR count). The third-order valence-electron chi connectivity index (χ3n) is 4.35. The molecule has 0 aliphatic heterocycles. The van der Waals surface area contributed by atoms with Crippen LogP contribution in [0.3, 0.4) is 0 Å². The van der Waals surface area contributed by atoms with Gasteiger partial charge >= 0.3 is 0 Å². The molecule has 25 heavy (non-hydrogen) atoms. The Bertz CT molecular complexity index is 816. The Balaban J connectivity index is 1.78. The molecule has 3 nitrogen and oxygen atoms in total. The van der Waals surface area contributed by atoms with Crippen LogP contribution in [0.1, 0.15) is 40.3 Å². The highest BCUT2D eigenvalue weighted by Crippen LogP contribution is 2.18. The molecular formula is C21H24N2OS. The van der Waals surface area contributed by atoms with Crippen LogP contribution in [-0.4, -0.2) is 21.4 Å². The first-order valence-electron chi connectivity index (χ1n) is 8.58. The summed E-state index contributed by atoms with van der Waals surface area (Å²) in [5.41, 5.74) is 3.69. The van der Waals surface area contributed by atoms with E-state index in [4.69, 9.17) is 0 Å². The van der Waals surface area contributed by atoms with Gasteiger partial charge in [-0.2, -0.15) is 0 Å². The molecule has 0 aliphatic carbocycles. The minimum absolute atomic E-state index is 0.105. The van der Waals surface area contributed by atoms with Crippen molar-refractivity contribution in [2.24, 2.45) is 0 Å². The highest BCUT2D eigenvalue weighted by atomic mass is 32.1. The van der Waals surface area contributed by atoms with E-state index in [9.17, 15) is 4.79 Å². The van der Waals surface area contributed by atoms with Crippen LogP contribution in [0.25, 0.3) is 0 Å². The summed E-state index contributed by atoms with van der Waals surface area (Å²) in [6, 6.07) is 16.7. The van der Waals surface area contributed by atoms with Gasteiger partial charge in [0.2, 0.25) is 0 Å². The second-order valence-corrected chi connectivity index (χ2v) is 7.56. The van der Waals surface area contributed by atoms with Crippen molar-refractivity contribution < 1.29 is 4.79 Å². The smallest absolute Gasteiger partial charge is 0.264 e. The van der Waals surface area contributed by atoms with Crippen LogP contribution < -0.4 is 0 Å². The Kier molecular flexibility index (Phi) is 5.39. The minimum Gasteiger partial charge on any atom is -0.345 e. The molecule has 4 heteroatoms. The zero-order valence-electron chi connectivity index (χ0n) is 15.0. The van der Waals surface area contributed by atoms with E-state index in [1.807, 2.05) is 22.4 Å². The first-order valence-corrected chi connectivity index (χ1v) is 9.46. The van der Waals surface area contributed by atoms with E-state index < -0.39 is 0 Å². The SMILES string of the molecule is Cc1ccc(Cn2cccc2CN(C(=O)c2cccs2)C(C)C)cc1. The average Bonchev–Trinajstić information content (AvgIpc) is 3.26. The lowest BCUT2D eigenvalue weighted by Gasteiger charge is -2.27. The van der Waals surface area contributed by atoms with Gasteiger partial charge in [-0.05, 0) is 49.9 Å². The number of benzene rings is 1. The summed E-state index contributed by atoms with van der Waals surface area (Å²) in [5.74, 6) is 0.105. The van der Waals surface area contributed by atoms with E-state index in [1.54, 1.807) is 0 Å². The normalized spacial score (nSPS) is 11.0. The summed E-state index contributed by atoms with van der Waals surface area (Å²) in [6.07, 6.45) is 2.09. The van der Waals surface area contributed by atoms with Crippen LogP contribution in [-0.2, 0) is 13.1 Å². The van der Waals surface area contributed by atoms with Crippen molar-refractivity contribution in [1.82, 2.24) is 9.47 Å². The standard InChI is InChI=1S/C21H24N2OS/c1-16(2)23(21(24)20-7-5-13-25-20)15-19-6-4-12-22(19)14-18-10-8-17(3)9-11-18/h4-13,16H,14-15H2,1-3H3. The molecule has 0 fully saturated rings. The van der Waals surface area contributed by atoms with Gasteiger partial charge < -0.3 is 9.47 Å². The Labute approximate surface area is 153 Å². The van der Waals surface area contributed by atoms with Crippen LogP contribution in [0, 0.1) is 6.92 Å². The molecule has 0 atom stereocenters. The van der Waals surface area contributed by atoms with E-state index in [2.05, 4.69) is 67.9 Å². The van der Waals surface area contributed by atoms with Gasteiger partial charge in [0, 0.05) is 24.5 Å². The van der Waals surface area contributed by atoms with Gasteiger partial charge in [-0.3, -0.25) is 4.79 Å². The number of hydrogen-bond acceptors (Lipinski definition) is 2. The van der Waals surface area contributed by atoms with Gasteiger partial charge in [-0.1, -0.05) is 35.9 Å². The van der Waals surface area contributed by atoms with Crippen molar-refractivity contribution in [3.63, 3.8) is 0 Å². The number of aryl methyl sites for hydroxylation is 1. The van der Waals surface area contributed by atoms with Crippen LogP contribution in [0.5, 0.6) is 0 Å². The Hall–Kier alpha value is -2.33. The van der Waals surface area contributed by atoms with E-state index in [0.717, 1.165) is 17.1 Å². The molecule has 0 bridgehead atoms. The molecule has 1 amide bonds. The number of rotatable bonds is 6. The zero-order chi connectivity index (χ0) is 17.8. The summed E-state index contributed by atoms with van der Waals surface area (Å²) in [6.45, 7) is 7.67. The largest absolute Gasteiger partial charge is 0.345 e. The van der Waals surface area contributed by atoms with Crippen molar-refractivity contribution in [1.29, 1.82) is 0 Å². The summed E-state index contributed by atoms with van der Waals surface area (Å²) in [7, 11) is 0. The first-order chi connectivity index (χ1) is 12.0. The molecule has 2 aromatic heterocycles. The lowest BCUT2D eigenvalue weighted by atomic mass is 10.1.